The number of halogens is 1. The van der Waals surface area contributed by atoms with Crippen molar-refractivity contribution in [1.82, 2.24) is 10.2 Å². The molecule has 0 aliphatic rings. The molecule has 0 saturated carbocycles. The maximum absolute atomic E-state index is 14.2. The molecule has 2 rings (SSSR count). The van der Waals surface area contributed by atoms with E-state index < -0.39 is 35.6 Å². The molecule has 3 amide bonds. The predicted octanol–water partition coefficient (Wildman–Crippen LogP) is 6.62. The van der Waals surface area contributed by atoms with Crippen LogP contribution in [0.4, 0.5) is 10.5 Å². The van der Waals surface area contributed by atoms with E-state index in [1.165, 1.54) is 4.90 Å². The Balaban J connectivity index is 2.61. The number of amides is 3. The van der Waals surface area contributed by atoms with Crippen molar-refractivity contribution in [3.8, 4) is 5.75 Å². The lowest BCUT2D eigenvalue weighted by Crippen LogP contribution is -2.52. The van der Waals surface area contributed by atoms with Gasteiger partial charge in [0.15, 0.2) is 0 Å². The molecule has 10 heteroatoms. The zero-order chi connectivity index (χ0) is 30.0. The minimum atomic E-state index is -1.19. The van der Waals surface area contributed by atoms with Gasteiger partial charge in [-0.15, -0.1) is 0 Å². The van der Waals surface area contributed by atoms with E-state index in [4.69, 9.17) is 16.3 Å². The number of carbonyl (C=O) groups excluding carboxylic acids is 3. The maximum Gasteiger partial charge on any atom is 0.408 e. The Bertz CT molecular complexity index is 1160. The Labute approximate surface area is 247 Å². The van der Waals surface area contributed by atoms with Gasteiger partial charge < -0.3 is 25.4 Å². The van der Waals surface area contributed by atoms with Crippen LogP contribution < -0.4 is 10.6 Å². The van der Waals surface area contributed by atoms with E-state index in [0.717, 1.165) is 12.0 Å². The molecule has 2 aromatic carbocycles. The fraction of sp³-hybridized carbons (Fsp3) is 0.500. The van der Waals surface area contributed by atoms with E-state index >= 15 is 0 Å². The number of aryl methyl sites for hydroxylation is 2. The summed E-state index contributed by atoms with van der Waals surface area (Å²) in [7, 11) is 0. The second-order valence-corrected chi connectivity index (χ2v) is 12.1. The number of phenolic OH excluding ortho intramolecular Hbond substituents is 1. The molecule has 2 unspecified atom stereocenters. The summed E-state index contributed by atoms with van der Waals surface area (Å²) in [5.74, 6) is -0.444. The van der Waals surface area contributed by atoms with Crippen LogP contribution in [0.1, 0.15) is 69.7 Å². The second-order valence-electron chi connectivity index (χ2n) is 10.7. The zero-order valence-electron chi connectivity index (χ0n) is 24.5. The standard InChI is InChI=1S/C30H42ClN3O5S/c1-8-9-17-34(28(37)23(16-18-40-7)32-29(38)39-30(4,5)6)25(21-14-10-13-20(3)26(21)35)27(36)33-24-19(2)12-11-15-22(24)31/h10-15,23,25,35H,8-9,16-18H2,1-7H3,(H,32,38)(H,33,36). The molecule has 0 radical (unpaired) electrons. The summed E-state index contributed by atoms with van der Waals surface area (Å²) < 4.78 is 5.43. The van der Waals surface area contributed by atoms with E-state index in [9.17, 15) is 19.5 Å². The van der Waals surface area contributed by atoms with Gasteiger partial charge in [0.25, 0.3) is 5.91 Å². The number of ether oxygens (including phenoxy) is 1. The van der Waals surface area contributed by atoms with Gasteiger partial charge in [-0.25, -0.2) is 4.79 Å². The summed E-state index contributed by atoms with van der Waals surface area (Å²) in [5.41, 5.74) is 1.29. The number of rotatable bonds is 12. The molecule has 0 heterocycles. The van der Waals surface area contributed by atoms with Crippen molar-refractivity contribution in [2.75, 3.05) is 23.9 Å². The highest BCUT2D eigenvalue weighted by Gasteiger charge is 2.37. The number of hydrogen-bond acceptors (Lipinski definition) is 6. The van der Waals surface area contributed by atoms with Crippen LogP contribution in [0.5, 0.6) is 5.75 Å². The van der Waals surface area contributed by atoms with Gasteiger partial charge in [0.05, 0.1) is 10.7 Å². The van der Waals surface area contributed by atoms with Crippen molar-refractivity contribution in [2.24, 2.45) is 0 Å². The minimum Gasteiger partial charge on any atom is -0.507 e. The first-order valence-corrected chi connectivity index (χ1v) is 15.2. The van der Waals surface area contributed by atoms with E-state index in [2.05, 4.69) is 10.6 Å². The Kier molecular flexibility index (Phi) is 12.6. The monoisotopic (exact) mass is 591 g/mol. The average Bonchev–Trinajstić information content (AvgIpc) is 2.87. The molecule has 0 spiro atoms. The van der Waals surface area contributed by atoms with Gasteiger partial charge in [-0.1, -0.05) is 55.3 Å². The fourth-order valence-electron chi connectivity index (χ4n) is 4.17. The lowest BCUT2D eigenvalue weighted by Gasteiger charge is -2.35. The van der Waals surface area contributed by atoms with Crippen LogP contribution in [-0.4, -0.2) is 58.1 Å². The number of nitrogens with zero attached hydrogens (tertiary/aromatic N) is 1. The number of alkyl carbamates (subject to hydrolysis) is 1. The smallest absolute Gasteiger partial charge is 0.408 e. The van der Waals surface area contributed by atoms with E-state index in [1.807, 2.05) is 26.2 Å². The molecule has 8 nitrogen and oxygen atoms in total. The van der Waals surface area contributed by atoms with Crippen LogP contribution in [-0.2, 0) is 14.3 Å². The van der Waals surface area contributed by atoms with Gasteiger partial charge in [-0.3, -0.25) is 9.59 Å². The molecule has 0 aliphatic carbocycles. The van der Waals surface area contributed by atoms with Crippen LogP contribution in [0.15, 0.2) is 36.4 Å². The molecule has 0 aliphatic heterocycles. The van der Waals surface area contributed by atoms with Crippen molar-refractivity contribution in [2.45, 2.75) is 78.5 Å². The third-order valence-electron chi connectivity index (χ3n) is 6.23. The molecule has 2 aromatic rings. The predicted molar refractivity (Wildman–Crippen MR) is 163 cm³/mol. The molecule has 40 heavy (non-hydrogen) atoms. The van der Waals surface area contributed by atoms with Gasteiger partial charge in [-0.2, -0.15) is 11.8 Å². The Morgan fingerprint density at radius 1 is 1.10 bits per heavy atom. The summed E-state index contributed by atoms with van der Waals surface area (Å²) in [6, 6.07) is 8.25. The number of aromatic hydroxyl groups is 1. The van der Waals surface area contributed by atoms with Crippen LogP contribution in [0.25, 0.3) is 0 Å². The fourth-order valence-corrected chi connectivity index (χ4v) is 4.91. The molecule has 0 bridgehead atoms. The Morgan fingerprint density at radius 2 is 1.75 bits per heavy atom. The molecule has 2 atom stereocenters. The highest BCUT2D eigenvalue weighted by Crippen LogP contribution is 2.35. The SMILES string of the molecule is CCCCN(C(=O)C(CCSC)NC(=O)OC(C)(C)C)C(C(=O)Nc1c(C)cccc1Cl)c1cccc(C)c1O. The number of anilines is 1. The summed E-state index contributed by atoms with van der Waals surface area (Å²) in [6.45, 7) is 11.0. The maximum atomic E-state index is 14.2. The second kappa shape index (κ2) is 15.2. The molecular weight excluding hydrogens is 550 g/mol. The highest BCUT2D eigenvalue weighted by molar-refractivity contribution is 7.98. The van der Waals surface area contributed by atoms with Crippen LogP contribution >= 0.6 is 23.4 Å². The summed E-state index contributed by atoms with van der Waals surface area (Å²) in [6.07, 6.45) is 2.90. The van der Waals surface area contributed by atoms with Gasteiger partial charge in [0.2, 0.25) is 5.91 Å². The Hall–Kier alpha value is -2.91. The molecule has 3 N–H and O–H groups in total. The molecule has 220 valence electrons. The van der Waals surface area contributed by atoms with Gasteiger partial charge in [-0.05, 0) is 76.7 Å². The number of phenols is 1. The minimum absolute atomic E-state index is 0.0754. The van der Waals surface area contributed by atoms with Crippen LogP contribution in [0.3, 0.4) is 0 Å². The summed E-state index contributed by atoms with van der Waals surface area (Å²) in [5, 5.41) is 17.0. The van der Waals surface area contributed by atoms with Gasteiger partial charge >= 0.3 is 6.09 Å². The number of para-hydroxylation sites is 2. The number of thioether (sulfide) groups is 1. The largest absolute Gasteiger partial charge is 0.507 e. The lowest BCUT2D eigenvalue weighted by molar-refractivity contribution is -0.141. The first kappa shape index (κ1) is 33.3. The topological polar surface area (TPSA) is 108 Å². The van der Waals surface area contributed by atoms with Gasteiger partial charge in [0.1, 0.15) is 23.4 Å². The van der Waals surface area contributed by atoms with E-state index in [1.54, 1.807) is 69.8 Å². The third-order valence-corrected chi connectivity index (χ3v) is 7.19. The van der Waals surface area contributed by atoms with E-state index in [0.29, 0.717) is 34.9 Å². The normalized spacial score (nSPS) is 12.8. The van der Waals surface area contributed by atoms with Crippen molar-refractivity contribution in [3.05, 3.63) is 58.1 Å². The van der Waals surface area contributed by atoms with Gasteiger partial charge in [0, 0.05) is 12.1 Å². The average molecular weight is 592 g/mol. The summed E-state index contributed by atoms with van der Waals surface area (Å²) in [4.78, 5) is 42.4. The zero-order valence-corrected chi connectivity index (χ0v) is 26.0. The van der Waals surface area contributed by atoms with Crippen LogP contribution in [0.2, 0.25) is 5.02 Å². The molecule has 0 aromatic heterocycles. The quantitative estimate of drug-likeness (QED) is 0.256. The third kappa shape index (κ3) is 9.34. The highest BCUT2D eigenvalue weighted by atomic mass is 35.5. The number of nitrogens with one attached hydrogen (secondary N) is 2. The molecule has 0 saturated heterocycles. The number of carbonyl (C=O) groups is 3. The van der Waals surface area contributed by atoms with Crippen molar-refractivity contribution in [1.29, 1.82) is 0 Å². The van der Waals surface area contributed by atoms with Crippen molar-refractivity contribution in [3.63, 3.8) is 0 Å². The first-order valence-electron chi connectivity index (χ1n) is 13.4. The van der Waals surface area contributed by atoms with Crippen molar-refractivity contribution < 1.29 is 24.2 Å². The van der Waals surface area contributed by atoms with E-state index in [-0.39, 0.29) is 17.9 Å². The number of hydrogen-bond donors (Lipinski definition) is 3. The number of unbranched alkanes of at least 4 members (excludes halogenated alkanes) is 1. The van der Waals surface area contributed by atoms with Crippen molar-refractivity contribution >= 4 is 47.0 Å². The number of benzene rings is 2. The molecule has 0 fully saturated rings. The molecular formula is C30H42ClN3O5S. The summed E-state index contributed by atoms with van der Waals surface area (Å²) >= 11 is 7.96. The first-order chi connectivity index (χ1) is 18.8. The lowest BCUT2D eigenvalue weighted by atomic mass is 9.98. The van der Waals surface area contributed by atoms with Crippen LogP contribution in [0, 0.1) is 13.8 Å². The Morgan fingerprint density at radius 3 is 2.35 bits per heavy atom.